The molecule has 2 saturated heterocycles. The molecule has 4 rings (SSSR count). The summed E-state index contributed by atoms with van der Waals surface area (Å²) in [5.74, 6) is -3.92. The third-order valence-electron chi connectivity index (χ3n) is 4.98. The third kappa shape index (κ3) is 1.67. The third-order valence-corrected chi connectivity index (χ3v) is 7.26. The summed E-state index contributed by atoms with van der Waals surface area (Å²) in [6, 6.07) is 4.18. The van der Waals surface area contributed by atoms with E-state index in [0.717, 1.165) is 4.90 Å². The lowest BCUT2D eigenvalue weighted by atomic mass is 9.92. The number of sulfone groups is 1. The van der Waals surface area contributed by atoms with Gasteiger partial charge in [0.25, 0.3) is 22.6 Å². The molecule has 0 N–H and O–H groups in total. The van der Waals surface area contributed by atoms with Crippen LogP contribution >= 0.6 is 0 Å². The minimum Gasteiger partial charge on any atom is -0.463 e. The van der Waals surface area contributed by atoms with E-state index in [2.05, 4.69) is 0 Å². The fourth-order valence-corrected chi connectivity index (χ4v) is 5.96. The molecule has 3 amide bonds. The van der Waals surface area contributed by atoms with Crippen LogP contribution in [0.15, 0.2) is 24.3 Å². The quantitative estimate of drug-likeness (QED) is 0.383. The monoisotopic (exact) mass is 378 g/mol. The van der Waals surface area contributed by atoms with Crippen LogP contribution in [0, 0.1) is 0 Å². The summed E-state index contributed by atoms with van der Waals surface area (Å²) in [4.78, 5) is 49.7. The Morgan fingerprint density at radius 3 is 2.31 bits per heavy atom. The molecule has 2 atom stereocenters. The van der Waals surface area contributed by atoms with E-state index in [0.29, 0.717) is 4.90 Å². The average molecular weight is 378 g/mol. The molecule has 136 valence electrons. The second-order valence-corrected chi connectivity index (χ2v) is 8.41. The van der Waals surface area contributed by atoms with Crippen molar-refractivity contribution in [2.45, 2.75) is 17.8 Å². The van der Waals surface area contributed by atoms with Gasteiger partial charge in [0.15, 0.2) is 15.9 Å². The Kier molecular flexibility index (Phi) is 3.30. The summed E-state index contributed by atoms with van der Waals surface area (Å²) in [5.41, 5.74) is 0.135. The fraction of sp³-hybridized carbons (Fsp3) is 0.375. The normalized spacial score (nSPS) is 28.7. The van der Waals surface area contributed by atoms with Crippen LogP contribution in [0.2, 0.25) is 0 Å². The molecule has 1 aromatic carbocycles. The number of carbonyl (C=O) groups is 4. The molecule has 0 radical (unpaired) electrons. The van der Waals surface area contributed by atoms with Crippen molar-refractivity contribution in [1.29, 1.82) is 0 Å². The lowest BCUT2D eigenvalue weighted by Crippen LogP contribution is -2.82. The zero-order valence-electron chi connectivity index (χ0n) is 13.7. The number of carbonyl (C=O) groups excluding carboxylic acids is 4. The van der Waals surface area contributed by atoms with Crippen LogP contribution in [0.4, 0.5) is 0 Å². The van der Waals surface area contributed by atoms with Gasteiger partial charge < -0.3 is 9.64 Å². The van der Waals surface area contributed by atoms with Crippen LogP contribution in [-0.2, 0) is 24.2 Å². The van der Waals surface area contributed by atoms with Crippen LogP contribution < -0.4 is 0 Å². The number of hydrogen-bond acceptors (Lipinski definition) is 7. The number of rotatable bonds is 3. The molecule has 0 aliphatic carbocycles. The van der Waals surface area contributed by atoms with Crippen molar-refractivity contribution in [3.8, 4) is 0 Å². The van der Waals surface area contributed by atoms with Gasteiger partial charge in [0.05, 0.1) is 23.5 Å². The minimum absolute atomic E-state index is 0.0677. The number of amides is 3. The first kappa shape index (κ1) is 16.7. The SMILES string of the molecule is CCOC(=O)[C@]12[C@H](N3C(=O)c4ccccc4C3=O)C(=O)N1CCS2(=O)=O. The van der Waals surface area contributed by atoms with Crippen LogP contribution in [0.3, 0.4) is 0 Å². The summed E-state index contributed by atoms with van der Waals surface area (Å²) in [7, 11) is -4.14. The van der Waals surface area contributed by atoms with Crippen molar-refractivity contribution in [1.82, 2.24) is 9.80 Å². The zero-order chi connectivity index (χ0) is 18.9. The maximum atomic E-state index is 12.7. The van der Waals surface area contributed by atoms with Gasteiger partial charge in [-0.15, -0.1) is 0 Å². The molecule has 3 aliphatic rings. The molecule has 0 spiro atoms. The molecule has 3 aliphatic heterocycles. The van der Waals surface area contributed by atoms with Gasteiger partial charge in [-0.05, 0) is 19.1 Å². The maximum absolute atomic E-state index is 12.7. The van der Waals surface area contributed by atoms with Gasteiger partial charge in [0.1, 0.15) is 0 Å². The van der Waals surface area contributed by atoms with E-state index in [1.54, 1.807) is 12.1 Å². The number of ether oxygens (including phenoxy) is 1. The number of fused-ring (bicyclic) bond motifs is 2. The van der Waals surface area contributed by atoms with Crippen LogP contribution in [0.1, 0.15) is 27.6 Å². The van der Waals surface area contributed by atoms with Gasteiger partial charge in [0, 0.05) is 6.54 Å². The van der Waals surface area contributed by atoms with E-state index in [-0.39, 0.29) is 24.3 Å². The number of esters is 1. The number of hydrogen-bond donors (Lipinski definition) is 0. The van der Waals surface area contributed by atoms with Gasteiger partial charge >= 0.3 is 5.97 Å². The van der Waals surface area contributed by atoms with Crippen molar-refractivity contribution in [2.75, 3.05) is 18.9 Å². The standard InChI is InChI=1S/C16H14N2O7S/c1-2-25-15(22)16-11(14(21)17(16)7-8-26(16,23)24)18-12(19)9-5-3-4-6-10(9)13(18)20/h3-6,11H,2,7-8H2,1H3/t11-,16-/m1/s1. The smallest absolute Gasteiger partial charge is 0.350 e. The van der Waals surface area contributed by atoms with Crippen molar-refractivity contribution in [3.05, 3.63) is 35.4 Å². The largest absolute Gasteiger partial charge is 0.463 e. The van der Waals surface area contributed by atoms with E-state index in [9.17, 15) is 27.6 Å². The van der Waals surface area contributed by atoms with Gasteiger partial charge in [0.2, 0.25) is 0 Å². The molecular formula is C16H14N2O7S. The summed E-state index contributed by atoms with van der Waals surface area (Å²) in [6.45, 7) is 1.21. The molecule has 0 saturated carbocycles. The second-order valence-electron chi connectivity index (χ2n) is 6.15. The predicted molar refractivity (Wildman–Crippen MR) is 85.6 cm³/mol. The highest BCUT2D eigenvalue weighted by molar-refractivity contribution is 7.94. The molecule has 1 aromatic rings. The summed E-state index contributed by atoms with van der Waals surface area (Å²) in [5, 5.41) is 0. The first-order chi connectivity index (χ1) is 12.3. The Labute approximate surface area is 148 Å². The van der Waals surface area contributed by atoms with E-state index >= 15 is 0 Å². The van der Waals surface area contributed by atoms with Crippen LogP contribution in [0.5, 0.6) is 0 Å². The highest BCUT2D eigenvalue weighted by Crippen LogP contribution is 2.47. The van der Waals surface area contributed by atoms with Crippen molar-refractivity contribution >= 4 is 33.5 Å². The first-order valence-electron chi connectivity index (χ1n) is 7.97. The number of benzene rings is 1. The number of nitrogens with zero attached hydrogens (tertiary/aromatic N) is 2. The molecule has 0 unspecified atom stereocenters. The van der Waals surface area contributed by atoms with E-state index in [4.69, 9.17) is 4.74 Å². The topological polar surface area (TPSA) is 118 Å². The van der Waals surface area contributed by atoms with Crippen molar-refractivity contribution in [3.63, 3.8) is 0 Å². The molecular weight excluding hydrogens is 364 g/mol. The summed E-state index contributed by atoms with van der Waals surface area (Å²) in [6.07, 6.45) is 0. The second kappa shape index (κ2) is 5.13. The lowest BCUT2D eigenvalue weighted by molar-refractivity contribution is -0.176. The van der Waals surface area contributed by atoms with Gasteiger partial charge in [-0.2, -0.15) is 0 Å². The Morgan fingerprint density at radius 2 is 1.77 bits per heavy atom. The summed E-state index contributed by atoms with van der Waals surface area (Å²) >= 11 is 0. The molecule has 26 heavy (non-hydrogen) atoms. The molecule has 9 nitrogen and oxygen atoms in total. The highest BCUT2D eigenvalue weighted by atomic mass is 32.2. The van der Waals surface area contributed by atoms with E-state index in [1.807, 2.05) is 0 Å². The summed E-state index contributed by atoms with van der Waals surface area (Å²) < 4.78 is 30.3. The molecule has 3 heterocycles. The number of β-lactam (4-membered cyclic amide) rings is 1. The molecule has 0 aromatic heterocycles. The van der Waals surface area contributed by atoms with E-state index < -0.39 is 50.2 Å². The van der Waals surface area contributed by atoms with Crippen molar-refractivity contribution < 1.29 is 32.3 Å². The molecule has 2 fully saturated rings. The van der Waals surface area contributed by atoms with Gasteiger partial charge in [-0.1, -0.05) is 12.1 Å². The maximum Gasteiger partial charge on any atom is 0.350 e. The molecule has 10 heteroatoms. The minimum atomic E-state index is -4.14. The Hall–Kier alpha value is -2.75. The highest BCUT2D eigenvalue weighted by Gasteiger charge is 2.79. The van der Waals surface area contributed by atoms with Crippen LogP contribution in [0.25, 0.3) is 0 Å². The van der Waals surface area contributed by atoms with Crippen LogP contribution in [-0.4, -0.2) is 71.7 Å². The fourth-order valence-electron chi connectivity index (χ4n) is 3.85. The van der Waals surface area contributed by atoms with Gasteiger partial charge in [-0.3, -0.25) is 19.3 Å². The lowest BCUT2D eigenvalue weighted by Gasteiger charge is -2.51. The Morgan fingerprint density at radius 1 is 1.19 bits per heavy atom. The molecule has 0 bridgehead atoms. The number of imide groups is 1. The predicted octanol–water partition coefficient (Wildman–Crippen LogP) is -0.819. The first-order valence-corrected chi connectivity index (χ1v) is 9.62. The zero-order valence-corrected chi connectivity index (χ0v) is 14.5. The van der Waals surface area contributed by atoms with E-state index in [1.165, 1.54) is 19.1 Å². The van der Waals surface area contributed by atoms with Crippen molar-refractivity contribution in [2.24, 2.45) is 0 Å². The average Bonchev–Trinajstić information content (AvgIpc) is 2.99. The Bertz CT molecular complexity index is 951. The van der Waals surface area contributed by atoms with Gasteiger partial charge in [-0.25, -0.2) is 13.2 Å². The Balaban J connectivity index is 1.87.